The average Bonchev–Trinajstić information content (AvgIpc) is 2.45. The van der Waals surface area contributed by atoms with Gasteiger partial charge >= 0.3 is 0 Å². The van der Waals surface area contributed by atoms with E-state index in [0.717, 1.165) is 6.54 Å². The Bertz CT molecular complexity index is 316. The van der Waals surface area contributed by atoms with Crippen molar-refractivity contribution in [3.05, 3.63) is 20.3 Å². The predicted octanol–water partition coefficient (Wildman–Crippen LogP) is 4.24. The fraction of sp³-hybridized carbons (Fsp3) is 0.667. The van der Waals surface area contributed by atoms with Crippen molar-refractivity contribution in [2.75, 3.05) is 0 Å². The van der Waals surface area contributed by atoms with Gasteiger partial charge in [0.1, 0.15) is 0 Å². The largest absolute Gasteiger partial charge is 0.306 e. The molecule has 1 N–H and O–H groups in total. The highest BCUT2D eigenvalue weighted by molar-refractivity contribution is 9.10. The maximum atomic E-state index is 3.73. The van der Waals surface area contributed by atoms with Crippen LogP contribution in [0, 0.1) is 6.92 Å². The summed E-state index contributed by atoms with van der Waals surface area (Å²) in [6, 6.07) is 2.25. The lowest BCUT2D eigenvalue weighted by molar-refractivity contribution is 0.176. The molecule has 1 heterocycles. The first-order valence-corrected chi connectivity index (χ1v) is 7.26. The molecule has 1 nitrogen and oxygen atoms in total. The van der Waals surface area contributed by atoms with Gasteiger partial charge in [0, 0.05) is 26.3 Å². The van der Waals surface area contributed by atoms with E-state index in [4.69, 9.17) is 0 Å². The standard InChI is InChI=1S/C12H18BrNS/c1-3-12(5-4-6-12)14-8-10-7-11(13)9(2)15-10/h7,14H,3-6,8H2,1-2H3. The topological polar surface area (TPSA) is 12.0 Å². The van der Waals surface area contributed by atoms with E-state index in [2.05, 4.69) is 41.2 Å². The molecule has 0 atom stereocenters. The van der Waals surface area contributed by atoms with Crippen molar-refractivity contribution in [3.8, 4) is 0 Å². The van der Waals surface area contributed by atoms with E-state index in [1.165, 1.54) is 39.9 Å². The third-order valence-electron chi connectivity index (χ3n) is 3.53. The van der Waals surface area contributed by atoms with Gasteiger partial charge in [0.15, 0.2) is 0 Å². The van der Waals surface area contributed by atoms with Gasteiger partial charge in [0.05, 0.1) is 0 Å². The summed E-state index contributed by atoms with van der Waals surface area (Å²) in [5.74, 6) is 0. The Morgan fingerprint density at radius 1 is 1.53 bits per heavy atom. The van der Waals surface area contributed by atoms with Gasteiger partial charge in [-0.25, -0.2) is 0 Å². The Hall–Kier alpha value is 0.140. The zero-order valence-corrected chi connectivity index (χ0v) is 11.8. The van der Waals surface area contributed by atoms with Gasteiger partial charge < -0.3 is 5.32 Å². The molecule has 0 bridgehead atoms. The molecular formula is C12H18BrNS. The maximum Gasteiger partial charge on any atom is 0.0314 e. The first-order valence-electron chi connectivity index (χ1n) is 5.65. The van der Waals surface area contributed by atoms with Gasteiger partial charge in [-0.1, -0.05) is 6.92 Å². The quantitative estimate of drug-likeness (QED) is 0.873. The van der Waals surface area contributed by atoms with E-state index >= 15 is 0 Å². The second-order valence-electron chi connectivity index (χ2n) is 4.46. The van der Waals surface area contributed by atoms with Crippen molar-refractivity contribution in [1.29, 1.82) is 0 Å². The first kappa shape index (κ1) is 11.6. The highest BCUT2D eigenvalue weighted by Gasteiger charge is 2.34. The number of hydrogen-bond acceptors (Lipinski definition) is 2. The summed E-state index contributed by atoms with van der Waals surface area (Å²) < 4.78 is 1.25. The molecule has 0 aromatic carbocycles. The van der Waals surface area contributed by atoms with Crippen molar-refractivity contribution in [2.45, 2.75) is 51.6 Å². The number of nitrogens with one attached hydrogen (secondary N) is 1. The fourth-order valence-electron chi connectivity index (χ4n) is 2.14. The van der Waals surface area contributed by atoms with E-state index in [-0.39, 0.29) is 0 Å². The second kappa shape index (κ2) is 4.56. The zero-order chi connectivity index (χ0) is 10.9. The summed E-state index contributed by atoms with van der Waals surface area (Å²) in [5, 5.41) is 3.73. The van der Waals surface area contributed by atoms with Crippen molar-refractivity contribution in [1.82, 2.24) is 5.32 Å². The molecule has 1 aliphatic rings. The number of aryl methyl sites for hydroxylation is 1. The summed E-state index contributed by atoms with van der Waals surface area (Å²) in [6.07, 6.45) is 5.37. The van der Waals surface area contributed by atoms with Gasteiger partial charge in [-0.15, -0.1) is 11.3 Å². The Morgan fingerprint density at radius 2 is 2.27 bits per heavy atom. The SMILES string of the molecule is CCC1(NCc2cc(Br)c(C)s2)CCC1. The van der Waals surface area contributed by atoms with E-state index in [1.54, 1.807) is 0 Å². The second-order valence-corrected chi connectivity index (χ2v) is 6.65. The van der Waals surface area contributed by atoms with Crippen LogP contribution in [0.2, 0.25) is 0 Å². The third-order valence-corrected chi connectivity index (χ3v) is 5.67. The zero-order valence-electron chi connectivity index (χ0n) is 9.40. The van der Waals surface area contributed by atoms with Crippen LogP contribution in [0.3, 0.4) is 0 Å². The van der Waals surface area contributed by atoms with E-state index in [1.807, 2.05) is 11.3 Å². The Kier molecular flexibility index (Phi) is 3.53. The van der Waals surface area contributed by atoms with Crippen LogP contribution in [-0.4, -0.2) is 5.54 Å². The minimum atomic E-state index is 0.463. The maximum absolute atomic E-state index is 3.73. The number of halogens is 1. The Balaban J connectivity index is 1.92. The van der Waals surface area contributed by atoms with Gasteiger partial charge in [0.25, 0.3) is 0 Å². The molecule has 1 aromatic rings. The van der Waals surface area contributed by atoms with Crippen LogP contribution in [-0.2, 0) is 6.54 Å². The molecule has 0 saturated heterocycles. The Morgan fingerprint density at radius 3 is 2.67 bits per heavy atom. The van der Waals surface area contributed by atoms with Crippen molar-refractivity contribution in [2.24, 2.45) is 0 Å². The van der Waals surface area contributed by atoms with Crippen LogP contribution in [0.1, 0.15) is 42.4 Å². The summed E-state index contributed by atoms with van der Waals surface area (Å²) in [5.41, 5.74) is 0.463. The van der Waals surface area contributed by atoms with Gasteiger partial charge in [-0.05, 0) is 54.6 Å². The van der Waals surface area contributed by atoms with Crippen LogP contribution >= 0.6 is 27.3 Å². The van der Waals surface area contributed by atoms with Gasteiger partial charge in [-0.3, -0.25) is 0 Å². The number of rotatable bonds is 4. The molecule has 0 radical (unpaired) electrons. The lowest BCUT2D eigenvalue weighted by Gasteiger charge is -2.42. The molecule has 1 aromatic heterocycles. The monoisotopic (exact) mass is 287 g/mol. The summed E-state index contributed by atoms with van der Waals surface area (Å²) >= 11 is 5.46. The molecule has 1 saturated carbocycles. The van der Waals surface area contributed by atoms with E-state index < -0.39 is 0 Å². The van der Waals surface area contributed by atoms with Gasteiger partial charge in [-0.2, -0.15) is 0 Å². The molecule has 84 valence electrons. The van der Waals surface area contributed by atoms with E-state index in [0.29, 0.717) is 5.54 Å². The third kappa shape index (κ3) is 2.45. The molecule has 0 unspecified atom stereocenters. The average molecular weight is 288 g/mol. The van der Waals surface area contributed by atoms with Crippen molar-refractivity contribution >= 4 is 27.3 Å². The molecule has 1 fully saturated rings. The van der Waals surface area contributed by atoms with Crippen LogP contribution in [0.15, 0.2) is 10.5 Å². The molecule has 0 amide bonds. The lowest BCUT2D eigenvalue weighted by Crippen LogP contribution is -2.49. The van der Waals surface area contributed by atoms with Crippen molar-refractivity contribution < 1.29 is 0 Å². The molecule has 1 aliphatic carbocycles. The minimum Gasteiger partial charge on any atom is -0.306 e. The fourth-order valence-corrected chi connectivity index (χ4v) is 3.68. The molecular weight excluding hydrogens is 270 g/mol. The number of hydrogen-bond donors (Lipinski definition) is 1. The summed E-state index contributed by atoms with van der Waals surface area (Å²) in [7, 11) is 0. The predicted molar refractivity (Wildman–Crippen MR) is 70.5 cm³/mol. The highest BCUT2D eigenvalue weighted by atomic mass is 79.9. The van der Waals surface area contributed by atoms with Crippen LogP contribution in [0.5, 0.6) is 0 Å². The molecule has 0 spiro atoms. The van der Waals surface area contributed by atoms with Crippen molar-refractivity contribution in [3.63, 3.8) is 0 Å². The summed E-state index contributed by atoms with van der Waals surface area (Å²) in [6.45, 7) is 5.49. The van der Waals surface area contributed by atoms with Crippen LogP contribution < -0.4 is 5.32 Å². The van der Waals surface area contributed by atoms with Crippen LogP contribution in [0.4, 0.5) is 0 Å². The Labute approximate surface area is 104 Å². The molecule has 15 heavy (non-hydrogen) atoms. The highest BCUT2D eigenvalue weighted by Crippen LogP contribution is 2.35. The first-order chi connectivity index (χ1) is 7.15. The summed E-state index contributed by atoms with van der Waals surface area (Å²) in [4.78, 5) is 2.82. The van der Waals surface area contributed by atoms with E-state index in [9.17, 15) is 0 Å². The van der Waals surface area contributed by atoms with Gasteiger partial charge in [0.2, 0.25) is 0 Å². The van der Waals surface area contributed by atoms with Crippen LogP contribution in [0.25, 0.3) is 0 Å². The molecule has 2 rings (SSSR count). The normalized spacial score (nSPS) is 18.9. The number of thiophene rings is 1. The molecule has 3 heteroatoms. The molecule has 0 aliphatic heterocycles. The smallest absolute Gasteiger partial charge is 0.0314 e. The lowest BCUT2D eigenvalue weighted by atomic mass is 9.75. The minimum absolute atomic E-state index is 0.463.